The molecule has 0 fully saturated rings. The van der Waals surface area contributed by atoms with Crippen LogP contribution in [0.15, 0.2) is 99.9 Å². The van der Waals surface area contributed by atoms with Crippen molar-refractivity contribution in [2.24, 2.45) is 4.99 Å². The van der Waals surface area contributed by atoms with Gasteiger partial charge < -0.3 is 14.5 Å². The molecule has 212 valence electrons. The van der Waals surface area contributed by atoms with Gasteiger partial charge in [-0.25, -0.2) is 9.79 Å². The molecule has 5 aromatic rings. The van der Waals surface area contributed by atoms with Crippen LogP contribution in [-0.2, 0) is 9.53 Å². The van der Waals surface area contributed by atoms with Crippen LogP contribution in [0.4, 0.5) is 0 Å². The normalized spacial score (nSPS) is 15.2. The number of hydrogen-bond donors (Lipinski definition) is 1. The average Bonchev–Trinajstić information content (AvgIpc) is 3.50. The van der Waals surface area contributed by atoms with Crippen molar-refractivity contribution >= 4 is 34.3 Å². The van der Waals surface area contributed by atoms with Crippen molar-refractivity contribution in [3.63, 3.8) is 0 Å². The minimum Gasteiger partial charge on any atom is -0.491 e. The van der Waals surface area contributed by atoms with Gasteiger partial charge in [0.25, 0.3) is 5.56 Å². The van der Waals surface area contributed by atoms with Crippen molar-refractivity contribution in [2.75, 3.05) is 6.61 Å². The van der Waals surface area contributed by atoms with Gasteiger partial charge in [0.05, 0.1) is 40.2 Å². The Labute approximate surface area is 247 Å². The standard InChI is InChI=1S/C34H31N3O4S/c1-5-40-33(39)29-21(4)35-34-37(31(29)23-15-17-24(18-16-23)41-20(2)3)32(38)28(42-34)19-26-25-13-9-10-14-27(25)36-30(26)22-11-7-6-8-12-22/h6-20,31,36H,5H2,1-4H3/b28-19-/t31-/m1/s1. The third kappa shape index (κ3) is 4.99. The highest BCUT2D eigenvalue weighted by Crippen LogP contribution is 2.33. The number of aromatic amines is 1. The van der Waals surface area contributed by atoms with Gasteiger partial charge in [-0.15, -0.1) is 0 Å². The molecule has 0 bridgehead atoms. The topological polar surface area (TPSA) is 85.7 Å². The number of H-pyrrole nitrogens is 1. The Morgan fingerprint density at radius 2 is 1.76 bits per heavy atom. The summed E-state index contributed by atoms with van der Waals surface area (Å²) in [5.41, 5.74) is 5.31. The molecule has 6 rings (SSSR count). The zero-order valence-electron chi connectivity index (χ0n) is 23.9. The van der Waals surface area contributed by atoms with Crippen LogP contribution in [0.2, 0.25) is 0 Å². The lowest BCUT2D eigenvalue weighted by atomic mass is 9.96. The molecule has 3 heterocycles. The van der Waals surface area contributed by atoms with Crippen LogP contribution in [0.25, 0.3) is 28.2 Å². The van der Waals surface area contributed by atoms with Gasteiger partial charge in [0.2, 0.25) is 0 Å². The van der Waals surface area contributed by atoms with Gasteiger partial charge in [0.15, 0.2) is 4.80 Å². The number of carbonyl (C=O) groups is 1. The van der Waals surface area contributed by atoms with E-state index in [9.17, 15) is 9.59 Å². The summed E-state index contributed by atoms with van der Waals surface area (Å²) in [5.74, 6) is 0.232. The van der Waals surface area contributed by atoms with Gasteiger partial charge in [0.1, 0.15) is 5.75 Å². The quantitative estimate of drug-likeness (QED) is 0.250. The van der Waals surface area contributed by atoms with Gasteiger partial charge >= 0.3 is 5.97 Å². The van der Waals surface area contributed by atoms with Crippen LogP contribution in [0.5, 0.6) is 5.75 Å². The average molecular weight is 578 g/mol. The Morgan fingerprint density at radius 1 is 1.05 bits per heavy atom. The molecule has 1 aliphatic heterocycles. The summed E-state index contributed by atoms with van der Waals surface area (Å²) in [6.07, 6.45) is 1.96. The van der Waals surface area contributed by atoms with E-state index in [0.29, 0.717) is 26.4 Å². The summed E-state index contributed by atoms with van der Waals surface area (Å²) >= 11 is 1.32. The second-order valence-corrected chi connectivity index (χ2v) is 11.4. The maximum atomic E-state index is 14.2. The molecule has 3 aromatic carbocycles. The number of ether oxygens (including phenoxy) is 2. The smallest absolute Gasteiger partial charge is 0.338 e. The van der Waals surface area contributed by atoms with Gasteiger partial charge in [0, 0.05) is 16.5 Å². The van der Waals surface area contributed by atoms with Crippen LogP contribution in [0, 0.1) is 0 Å². The number of thiazole rings is 1. The SMILES string of the molecule is CCOC(=O)C1=C(C)N=c2s/c(=C\c3c(-c4ccccc4)[nH]c4ccccc34)c(=O)n2[C@@H]1c1ccc(OC(C)C)cc1. The van der Waals surface area contributed by atoms with E-state index in [1.165, 1.54) is 11.3 Å². The number of carbonyl (C=O) groups excluding carboxylic acids is 1. The van der Waals surface area contributed by atoms with E-state index in [1.807, 2.05) is 98.8 Å². The van der Waals surface area contributed by atoms with Gasteiger partial charge in [-0.2, -0.15) is 0 Å². The third-order valence-electron chi connectivity index (χ3n) is 7.17. The van der Waals surface area contributed by atoms with E-state index in [4.69, 9.17) is 14.5 Å². The van der Waals surface area contributed by atoms with Crippen LogP contribution in [0.3, 0.4) is 0 Å². The molecule has 7 nitrogen and oxygen atoms in total. The van der Waals surface area contributed by atoms with E-state index < -0.39 is 12.0 Å². The van der Waals surface area contributed by atoms with Crippen LogP contribution in [-0.4, -0.2) is 28.2 Å². The number of hydrogen-bond acceptors (Lipinski definition) is 6. The predicted octanol–water partition coefficient (Wildman–Crippen LogP) is 5.73. The number of fused-ring (bicyclic) bond motifs is 2. The monoisotopic (exact) mass is 577 g/mol. The minimum atomic E-state index is -0.688. The maximum absolute atomic E-state index is 14.2. The van der Waals surface area contributed by atoms with E-state index in [2.05, 4.69) is 4.98 Å². The summed E-state index contributed by atoms with van der Waals surface area (Å²) < 4.78 is 13.4. The minimum absolute atomic E-state index is 0.0241. The predicted molar refractivity (Wildman–Crippen MR) is 166 cm³/mol. The first-order chi connectivity index (χ1) is 20.4. The van der Waals surface area contributed by atoms with Crippen LogP contribution in [0.1, 0.15) is 44.9 Å². The molecular weight excluding hydrogens is 546 g/mol. The number of benzene rings is 3. The van der Waals surface area contributed by atoms with Gasteiger partial charge in [-0.3, -0.25) is 9.36 Å². The number of nitrogens with one attached hydrogen (secondary N) is 1. The van der Waals surface area contributed by atoms with E-state index in [0.717, 1.165) is 33.3 Å². The number of esters is 1. The lowest BCUT2D eigenvalue weighted by molar-refractivity contribution is -0.139. The van der Waals surface area contributed by atoms with Crippen LogP contribution >= 0.6 is 11.3 Å². The first kappa shape index (κ1) is 27.5. The van der Waals surface area contributed by atoms with E-state index >= 15 is 0 Å². The van der Waals surface area contributed by atoms with Gasteiger partial charge in [-0.05, 0) is 63.1 Å². The summed E-state index contributed by atoms with van der Waals surface area (Å²) in [6, 6.07) is 24.9. The number of para-hydroxylation sites is 1. The molecule has 1 N–H and O–H groups in total. The Hall–Kier alpha value is -4.69. The summed E-state index contributed by atoms with van der Waals surface area (Å²) in [4.78, 5) is 36.3. The molecule has 0 saturated heterocycles. The third-order valence-corrected chi connectivity index (χ3v) is 8.15. The second kappa shape index (κ2) is 11.3. The van der Waals surface area contributed by atoms with E-state index in [-0.39, 0.29) is 18.3 Å². The highest BCUT2D eigenvalue weighted by atomic mass is 32.1. The Balaban J connectivity index is 1.56. The Bertz CT molecular complexity index is 2000. The molecule has 2 aromatic heterocycles. The molecule has 0 radical (unpaired) electrons. The van der Waals surface area contributed by atoms with Crippen LogP contribution < -0.4 is 19.6 Å². The Kier molecular flexibility index (Phi) is 7.39. The molecule has 0 amide bonds. The largest absolute Gasteiger partial charge is 0.491 e. The molecule has 0 unspecified atom stereocenters. The number of rotatable bonds is 7. The second-order valence-electron chi connectivity index (χ2n) is 10.4. The number of allylic oxidation sites excluding steroid dienone is 1. The summed E-state index contributed by atoms with van der Waals surface area (Å²) in [6.45, 7) is 7.71. The molecule has 0 saturated carbocycles. The number of aromatic nitrogens is 2. The maximum Gasteiger partial charge on any atom is 0.338 e. The van der Waals surface area contributed by atoms with Crippen molar-refractivity contribution in [3.05, 3.63) is 121 Å². The molecule has 8 heteroatoms. The first-order valence-electron chi connectivity index (χ1n) is 14.0. The molecule has 0 spiro atoms. The van der Waals surface area contributed by atoms with Gasteiger partial charge in [-0.1, -0.05) is 72.0 Å². The number of nitrogens with zero attached hydrogens (tertiary/aromatic N) is 2. The molecule has 1 aliphatic rings. The van der Waals surface area contributed by atoms with Crippen molar-refractivity contribution in [1.82, 2.24) is 9.55 Å². The zero-order chi connectivity index (χ0) is 29.4. The highest BCUT2D eigenvalue weighted by Gasteiger charge is 2.33. The highest BCUT2D eigenvalue weighted by molar-refractivity contribution is 7.07. The van der Waals surface area contributed by atoms with Crippen molar-refractivity contribution in [3.8, 4) is 17.0 Å². The fourth-order valence-electron chi connectivity index (χ4n) is 5.38. The molecule has 1 atom stereocenters. The fraction of sp³-hybridized carbons (Fsp3) is 0.206. The zero-order valence-corrected chi connectivity index (χ0v) is 24.7. The Morgan fingerprint density at radius 3 is 2.48 bits per heavy atom. The summed E-state index contributed by atoms with van der Waals surface area (Å²) in [5, 5.41) is 1.02. The lowest BCUT2D eigenvalue weighted by Gasteiger charge is -2.25. The fourth-order valence-corrected chi connectivity index (χ4v) is 6.41. The molecule has 0 aliphatic carbocycles. The summed E-state index contributed by atoms with van der Waals surface area (Å²) in [7, 11) is 0. The van der Waals surface area contributed by atoms with Crippen molar-refractivity contribution in [1.29, 1.82) is 0 Å². The lowest BCUT2D eigenvalue weighted by Crippen LogP contribution is -2.39. The molecule has 42 heavy (non-hydrogen) atoms. The molecular formula is C34H31N3O4S. The van der Waals surface area contributed by atoms with Crippen molar-refractivity contribution < 1.29 is 14.3 Å². The first-order valence-corrected chi connectivity index (χ1v) is 14.8. The van der Waals surface area contributed by atoms with E-state index in [1.54, 1.807) is 18.4 Å². The van der Waals surface area contributed by atoms with Crippen molar-refractivity contribution in [2.45, 2.75) is 39.8 Å².